The normalized spacial score (nSPS) is 10.7. The number of nitrogens with zero attached hydrogens (tertiary/aromatic N) is 1. The highest BCUT2D eigenvalue weighted by molar-refractivity contribution is 7.99. The molecule has 0 radical (unpaired) electrons. The van der Waals surface area contributed by atoms with Crippen LogP contribution in [0.2, 0.25) is 10.0 Å². The third-order valence-corrected chi connectivity index (χ3v) is 6.28. The van der Waals surface area contributed by atoms with Crippen LogP contribution >= 0.6 is 35.0 Å². The fourth-order valence-electron chi connectivity index (χ4n) is 3.07. The molecule has 0 aliphatic heterocycles. The first-order valence-corrected chi connectivity index (χ1v) is 11.9. The molecule has 0 aliphatic rings. The molecule has 4 aromatic rings. The van der Waals surface area contributed by atoms with Gasteiger partial charge >= 0.3 is 0 Å². The Labute approximate surface area is 215 Å². The Bertz CT molecular complexity index is 1390. The van der Waals surface area contributed by atoms with Gasteiger partial charge in [-0.05, 0) is 55.5 Å². The van der Waals surface area contributed by atoms with Crippen molar-refractivity contribution in [2.75, 3.05) is 5.32 Å². The first kappa shape index (κ1) is 24.7. The Kier molecular flexibility index (Phi) is 7.65. The second-order valence-corrected chi connectivity index (χ2v) is 9.46. The first-order chi connectivity index (χ1) is 16.8. The Morgan fingerprint density at radius 1 is 1.03 bits per heavy atom. The minimum atomic E-state index is -0.549. The van der Waals surface area contributed by atoms with Crippen molar-refractivity contribution in [3.05, 3.63) is 110 Å². The van der Waals surface area contributed by atoms with Crippen LogP contribution in [0.4, 0.5) is 11.4 Å². The second kappa shape index (κ2) is 10.9. The molecule has 0 bridgehead atoms. The molecule has 0 saturated carbocycles. The monoisotopic (exact) mass is 528 g/mol. The molecule has 1 amide bonds. The number of benzene rings is 3. The number of nitrogens with one attached hydrogen (secondary N) is 1. The highest BCUT2D eigenvalue weighted by Gasteiger charge is 2.16. The summed E-state index contributed by atoms with van der Waals surface area (Å²) >= 11 is 13.3. The summed E-state index contributed by atoms with van der Waals surface area (Å²) in [6.07, 6.45) is 0. The Morgan fingerprint density at radius 3 is 2.51 bits per heavy atom. The Balaban J connectivity index is 1.46. The summed E-state index contributed by atoms with van der Waals surface area (Å²) in [6, 6.07) is 20.2. The van der Waals surface area contributed by atoms with Crippen molar-refractivity contribution >= 4 is 52.2 Å². The first-order valence-electron chi connectivity index (χ1n) is 10.3. The van der Waals surface area contributed by atoms with E-state index in [1.165, 1.54) is 30.0 Å². The number of carbonyl (C=O) groups excluding carboxylic acids is 1. The third-order valence-electron chi connectivity index (χ3n) is 4.77. The van der Waals surface area contributed by atoms with Gasteiger partial charge in [0.25, 0.3) is 11.6 Å². The van der Waals surface area contributed by atoms with E-state index in [1.54, 1.807) is 30.3 Å². The van der Waals surface area contributed by atoms with Gasteiger partial charge in [-0.25, -0.2) is 0 Å². The van der Waals surface area contributed by atoms with Gasteiger partial charge in [0.2, 0.25) is 0 Å². The predicted molar refractivity (Wildman–Crippen MR) is 136 cm³/mol. The number of hydrogen-bond acceptors (Lipinski definition) is 6. The lowest BCUT2D eigenvalue weighted by molar-refractivity contribution is -0.385. The summed E-state index contributed by atoms with van der Waals surface area (Å²) in [5, 5.41) is 14.9. The van der Waals surface area contributed by atoms with Crippen molar-refractivity contribution in [3.63, 3.8) is 0 Å². The van der Waals surface area contributed by atoms with Gasteiger partial charge in [0.15, 0.2) is 5.76 Å². The number of rotatable bonds is 8. The molecule has 0 unspecified atom stereocenters. The molecule has 3 aromatic carbocycles. The van der Waals surface area contributed by atoms with E-state index < -0.39 is 10.8 Å². The molecule has 1 N–H and O–H groups in total. The predicted octanol–water partition coefficient (Wildman–Crippen LogP) is 7.79. The number of non-ortho nitro benzene ring substituents is 1. The van der Waals surface area contributed by atoms with E-state index in [4.69, 9.17) is 32.4 Å². The number of ether oxygens (including phenoxy) is 1. The van der Waals surface area contributed by atoms with Crippen molar-refractivity contribution in [3.8, 4) is 5.75 Å². The van der Waals surface area contributed by atoms with Gasteiger partial charge < -0.3 is 14.5 Å². The van der Waals surface area contributed by atoms with Crippen LogP contribution in [0.1, 0.15) is 21.9 Å². The van der Waals surface area contributed by atoms with E-state index in [0.717, 1.165) is 10.5 Å². The molecule has 0 aliphatic carbocycles. The second-order valence-electron chi connectivity index (χ2n) is 7.47. The Hall–Kier alpha value is -3.46. The number of aryl methyl sites for hydroxylation is 1. The average Bonchev–Trinajstić information content (AvgIpc) is 3.29. The Morgan fingerprint density at radius 2 is 1.80 bits per heavy atom. The van der Waals surface area contributed by atoms with Crippen LogP contribution in [0.25, 0.3) is 0 Å². The van der Waals surface area contributed by atoms with Gasteiger partial charge in [-0.3, -0.25) is 14.9 Å². The lowest BCUT2D eigenvalue weighted by atomic mass is 10.2. The minimum absolute atomic E-state index is 0.0325. The quantitative estimate of drug-likeness (QED) is 0.185. The van der Waals surface area contributed by atoms with Crippen molar-refractivity contribution in [1.82, 2.24) is 0 Å². The summed E-state index contributed by atoms with van der Waals surface area (Å²) in [5.41, 5.74) is 1.26. The molecule has 35 heavy (non-hydrogen) atoms. The SMILES string of the molecule is Cc1ccc(Sc2cc(NC(=O)c3ccc(COc4ccc(Cl)cc4Cl)o3)cc([N+](=O)[O-])c2)cc1. The van der Waals surface area contributed by atoms with Gasteiger partial charge in [-0.1, -0.05) is 52.7 Å². The number of furan rings is 1. The summed E-state index contributed by atoms with van der Waals surface area (Å²) in [7, 11) is 0. The van der Waals surface area contributed by atoms with Crippen LogP contribution in [0, 0.1) is 17.0 Å². The third kappa shape index (κ3) is 6.57. The summed E-state index contributed by atoms with van der Waals surface area (Å²) in [5.74, 6) is 0.307. The molecule has 1 aromatic heterocycles. The molecular weight excluding hydrogens is 511 g/mol. The van der Waals surface area contributed by atoms with Crippen LogP contribution in [-0.2, 0) is 6.61 Å². The van der Waals surface area contributed by atoms with Gasteiger partial charge in [0.05, 0.1) is 9.95 Å². The van der Waals surface area contributed by atoms with Crippen LogP contribution in [0.5, 0.6) is 5.75 Å². The van der Waals surface area contributed by atoms with Crippen LogP contribution in [0.15, 0.2) is 87.0 Å². The molecule has 7 nitrogen and oxygen atoms in total. The highest BCUT2D eigenvalue weighted by Crippen LogP contribution is 2.33. The zero-order valence-electron chi connectivity index (χ0n) is 18.3. The smallest absolute Gasteiger partial charge is 0.291 e. The number of anilines is 1. The molecule has 0 fully saturated rings. The molecule has 4 rings (SSSR count). The molecule has 10 heteroatoms. The molecular formula is C25H18Cl2N2O5S. The minimum Gasteiger partial charge on any atom is -0.484 e. The highest BCUT2D eigenvalue weighted by atomic mass is 35.5. The van der Waals surface area contributed by atoms with E-state index in [0.29, 0.717) is 26.5 Å². The van der Waals surface area contributed by atoms with Gasteiger partial charge in [-0.15, -0.1) is 0 Å². The molecule has 0 atom stereocenters. The fourth-order valence-corrected chi connectivity index (χ4v) is 4.45. The zero-order valence-corrected chi connectivity index (χ0v) is 20.6. The van der Waals surface area contributed by atoms with E-state index >= 15 is 0 Å². The van der Waals surface area contributed by atoms with E-state index in [9.17, 15) is 14.9 Å². The molecule has 0 spiro atoms. The molecule has 178 valence electrons. The number of nitro benzene ring substituents is 1. The number of amides is 1. The van der Waals surface area contributed by atoms with Crippen molar-refractivity contribution in [2.24, 2.45) is 0 Å². The van der Waals surface area contributed by atoms with Crippen LogP contribution in [0.3, 0.4) is 0 Å². The summed E-state index contributed by atoms with van der Waals surface area (Å²) < 4.78 is 11.2. The zero-order chi connectivity index (χ0) is 24.9. The van der Waals surface area contributed by atoms with Crippen LogP contribution < -0.4 is 10.1 Å². The van der Waals surface area contributed by atoms with E-state index in [2.05, 4.69) is 5.32 Å². The van der Waals surface area contributed by atoms with Gasteiger partial charge in [-0.2, -0.15) is 0 Å². The van der Waals surface area contributed by atoms with Crippen molar-refractivity contribution in [1.29, 1.82) is 0 Å². The topological polar surface area (TPSA) is 94.6 Å². The summed E-state index contributed by atoms with van der Waals surface area (Å²) in [6.45, 7) is 2.03. The maximum atomic E-state index is 12.7. The summed E-state index contributed by atoms with van der Waals surface area (Å²) in [4.78, 5) is 25.2. The number of hydrogen-bond donors (Lipinski definition) is 1. The van der Waals surface area contributed by atoms with Crippen molar-refractivity contribution < 1.29 is 18.9 Å². The van der Waals surface area contributed by atoms with Crippen molar-refractivity contribution in [2.45, 2.75) is 23.3 Å². The van der Waals surface area contributed by atoms with Crippen LogP contribution in [-0.4, -0.2) is 10.8 Å². The fraction of sp³-hybridized carbons (Fsp3) is 0.0800. The molecule has 0 saturated heterocycles. The lowest BCUT2D eigenvalue weighted by Crippen LogP contribution is -2.11. The number of nitro groups is 1. The number of halogens is 2. The largest absolute Gasteiger partial charge is 0.484 e. The van der Waals surface area contributed by atoms with Gasteiger partial charge in [0.1, 0.15) is 18.1 Å². The average molecular weight is 529 g/mol. The standard InChI is InChI=1S/C25H18Cl2N2O5S/c1-15-2-6-20(7-3-15)35-21-12-17(11-18(13-21)29(31)32)28-25(30)24-9-5-19(34-24)14-33-23-8-4-16(26)10-22(23)27/h2-13H,14H2,1H3,(H,28,30). The molecule has 1 heterocycles. The lowest BCUT2D eigenvalue weighted by Gasteiger charge is -2.08. The van der Waals surface area contributed by atoms with E-state index in [-0.39, 0.29) is 23.7 Å². The van der Waals surface area contributed by atoms with E-state index in [1.807, 2.05) is 31.2 Å². The number of carbonyl (C=O) groups is 1. The van der Waals surface area contributed by atoms with Gasteiger partial charge in [0, 0.05) is 32.6 Å². The maximum Gasteiger partial charge on any atom is 0.291 e. The maximum absolute atomic E-state index is 12.7.